The van der Waals surface area contributed by atoms with E-state index in [2.05, 4.69) is 5.32 Å². The van der Waals surface area contributed by atoms with E-state index in [1.54, 1.807) is 12.1 Å². The minimum Gasteiger partial charge on any atom is -0.497 e. The van der Waals surface area contributed by atoms with E-state index in [-0.39, 0.29) is 24.2 Å². The van der Waals surface area contributed by atoms with Crippen LogP contribution in [0.15, 0.2) is 12.1 Å². The fourth-order valence-corrected chi connectivity index (χ4v) is 3.11. The Bertz CT molecular complexity index is 561. The molecule has 2 saturated heterocycles. The molecule has 1 aromatic rings. The van der Waals surface area contributed by atoms with Crippen molar-refractivity contribution in [1.82, 2.24) is 5.32 Å². The number of methoxy groups -OCH3 is 2. The maximum absolute atomic E-state index is 12.5. The molecule has 3 rings (SSSR count). The minimum atomic E-state index is -0.217. The van der Waals surface area contributed by atoms with Gasteiger partial charge in [0.25, 0.3) is 5.91 Å². The molecule has 0 aliphatic carbocycles. The van der Waals surface area contributed by atoms with Gasteiger partial charge in [-0.1, -0.05) is 0 Å². The molecule has 6 nitrogen and oxygen atoms in total. The molecule has 114 valence electrons. The van der Waals surface area contributed by atoms with Gasteiger partial charge in [-0.25, -0.2) is 0 Å². The molecule has 1 aromatic carbocycles. The summed E-state index contributed by atoms with van der Waals surface area (Å²) in [5.41, 5.74) is 6.68. The lowest BCUT2D eigenvalue weighted by Crippen LogP contribution is -2.41. The lowest BCUT2D eigenvalue weighted by molar-refractivity contribution is 0.0841. The molecule has 3 atom stereocenters. The molecule has 1 amide bonds. The van der Waals surface area contributed by atoms with E-state index in [9.17, 15) is 4.79 Å². The van der Waals surface area contributed by atoms with Gasteiger partial charge in [0.2, 0.25) is 0 Å². The Morgan fingerprint density at radius 2 is 2.14 bits per heavy atom. The number of hydrogen-bond donors (Lipinski definition) is 2. The summed E-state index contributed by atoms with van der Waals surface area (Å²) in [6.45, 7) is 0. The molecule has 0 aromatic heterocycles. The van der Waals surface area contributed by atoms with Crippen LogP contribution < -0.4 is 20.5 Å². The number of nitrogen functional groups attached to an aromatic ring is 1. The average Bonchev–Trinajstić information content (AvgIpc) is 3.10. The number of ether oxygens (including phenoxy) is 3. The van der Waals surface area contributed by atoms with Gasteiger partial charge in [-0.05, 0) is 25.3 Å². The van der Waals surface area contributed by atoms with Gasteiger partial charge in [0.15, 0.2) is 0 Å². The largest absolute Gasteiger partial charge is 0.497 e. The molecule has 2 aliphatic rings. The molecular weight excluding hydrogens is 272 g/mol. The number of carbonyl (C=O) groups excluding carboxylic acids is 1. The molecule has 3 unspecified atom stereocenters. The fraction of sp³-hybridized carbons (Fsp3) is 0.533. The van der Waals surface area contributed by atoms with Gasteiger partial charge in [0, 0.05) is 6.07 Å². The Morgan fingerprint density at radius 3 is 2.71 bits per heavy atom. The van der Waals surface area contributed by atoms with E-state index in [0.29, 0.717) is 22.7 Å². The molecular formula is C15H20N2O4. The highest BCUT2D eigenvalue weighted by Crippen LogP contribution is 2.35. The van der Waals surface area contributed by atoms with E-state index in [4.69, 9.17) is 19.9 Å². The molecule has 2 fully saturated rings. The molecule has 2 aliphatic heterocycles. The van der Waals surface area contributed by atoms with Crippen LogP contribution in [0.5, 0.6) is 11.5 Å². The van der Waals surface area contributed by atoms with Gasteiger partial charge < -0.3 is 25.3 Å². The van der Waals surface area contributed by atoms with Crippen molar-refractivity contribution >= 4 is 11.6 Å². The summed E-state index contributed by atoms with van der Waals surface area (Å²) in [7, 11) is 3.05. The normalized spacial score (nSPS) is 26.7. The number of amides is 1. The number of fused-ring (bicyclic) bond motifs is 2. The van der Waals surface area contributed by atoms with E-state index < -0.39 is 0 Å². The van der Waals surface area contributed by atoms with Crippen LogP contribution >= 0.6 is 0 Å². The third kappa shape index (κ3) is 2.51. The van der Waals surface area contributed by atoms with E-state index in [0.717, 1.165) is 19.3 Å². The molecule has 2 heterocycles. The molecule has 0 radical (unpaired) electrons. The first-order chi connectivity index (χ1) is 10.1. The molecule has 3 N–H and O–H groups in total. The standard InChI is InChI=1S/C15H20N2O4/c1-19-9-5-10(14(16)13(7-9)20-2)15(18)17-11-6-8-3-4-12(11)21-8/h5,7-8,11-12H,3-4,6,16H2,1-2H3,(H,17,18). The quantitative estimate of drug-likeness (QED) is 0.818. The van der Waals surface area contributed by atoms with Crippen LogP contribution in [0.2, 0.25) is 0 Å². The summed E-state index contributed by atoms with van der Waals surface area (Å²) >= 11 is 0. The Morgan fingerprint density at radius 1 is 1.33 bits per heavy atom. The number of carbonyl (C=O) groups is 1. The Labute approximate surface area is 123 Å². The summed E-state index contributed by atoms with van der Waals surface area (Å²) in [4.78, 5) is 12.5. The summed E-state index contributed by atoms with van der Waals surface area (Å²) in [6, 6.07) is 3.35. The summed E-state index contributed by atoms with van der Waals surface area (Å²) in [6.07, 6.45) is 3.39. The molecule has 6 heteroatoms. The fourth-order valence-electron chi connectivity index (χ4n) is 3.11. The Hall–Kier alpha value is -1.95. The number of hydrogen-bond acceptors (Lipinski definition) is 5. The maximum Gasteiger partial charge on any atom is 0.253 e. The van der Waals surface area contributed by atoms with E-state index >= 15 is 0 Å². The van der Waals surface area contributed by atoms with Crippen LogP contribution in [-0.2, 0) is 4.74 Å². The van der Waals surface area contributed by atoms with Crippen molar-refractivity contribution in [3.05, 3.63) is 17.7 Å². The summed E-state index contributed by atoms with van der Waals surface area (Å²) < 4.78 is 16.1. The van der Waals surface area contributed by atoms with Crippen LogP contribution in [0, 0.1) is 0 Å². The summed E-state index contributed by atoms with van der Waals surface area (Å²) in [5, 5.41) is 3.01. The second kappa shape index (κ2) is 5.44. The lowest BCUT2D eigenvalue weighted by atomic mass is 9.95. The van der Waals surface area contributed by atoms with Crippen molar-refractivity contribution in [2.75, 3.05) is 20.0 Å². The van der Waals surface area contributed by atoms with Gasteiger partial charge in [-0.15, -0.1) is 0 Å². The van der Waals surface area contributed by atoms with Crippen molar-refractivity contribution in [2.45, 2.75) is 37.5 Å². The number of anilines is 1. The van der Waals surface area contributed by atoms with Gasteiger partial charge in [0.1, 0.15) is 11.5 Å². The smallest absolute Gasteiger partial charge is 0.253 e. The molecule has 2 bridgehead atoms. The van der Waals surface area contributed by atoms with Gasteiger partial charge >= 0.3 is 0 Å². The highest BCUT2D eigenvalue weighted by Gasteiger charge is 2.41. The molecule has 21 heavy (non-hydrogen) atoms. The highest BCUT2D eigenvalue weighted by molar-refractivity contribution is 6.01. The number of rotatable bonds is 4. The third-order valence-corrected chi connectivity index (χ3v) is 4.24. The predicted molar refractivity (Wildman–Crippen MR) is 77.7 cm³/mol. The van der Waals surface area contributed by atoms with Gasteiger partial charge in [-0.3, -0.25) is 4.79 Å². The predicted octanol–water partition coefficient (Wildman–Crippen LogP) is 1.34. The van der Waals surface area contributed by atoms with E-state index in [1.807, 2.05) is 0 Å². The van der Waals surface area contributed by atoms with Crippen molar-refractivity contribution in [2.24, 2.45) is 0 Å². The second-order valence-electron chi connectivity index (χ2n) is 5.48. The summed E-state index contributed by atoms with van der Waals surface area (Å²) in [5.74, 6) is 0.755. The van der Waals surface area contributed by atoms with Crippen LogP contribution in [0.1, 0.15) is 29.6 Å². The first-order valence-electron chi connectivity index (χ1n) is 7.10. The average molecular weight is 292 g/mol. The van der Waals surface area contributed by atoms with Gasteiger partial charge in [0.05, 0.1) is 43.7 Å². The third-order valence-electron chi connectivity index (χ3n) is 4.24. The van der Waals surface area contributed by atoms with Crippen molar-refractivity contribution in [3.8, 4) is 11.5 Å². The Kier molecular flexibility index (Phi) is 3.63. The zero-order chi connectivity index (χ0) is 15.0. The van der Waals surface area contributed by atoms with Crippen LogP contribution in [-0.4, -0.2) is 38.4 Å². The first-order valence-corrected chi connectivity index (χ1v) is 7.10. The van der Waals surface area contributed by atoms with Crippen molar-refractivity contribution in [1.29, 1.82) is 0 Å². The van der Waals surface area contributed by atoms with Crippen LogP contribution in [0.3, 0.4) is 0 Å². The second-order valence-corrected chi connectivity index (χ2v) is 5.48. The van der Waals surface area contributed by atoms with Crippen LogP contribution in [0.25, 0.3) is 0 Å². The number of nitrogens with two attached hydrogens (primary N) is 1. The first kappa shape index (κ1) is 14.0. The monoisotopic (exact) mass is 292 g/mol. The minimum absolute atomic E-state index is 0.0628. The zero-order valence-corrected chi connectivity index (χ0v) is 12.2. The maximum atomic E-state index is 12.5. The number of nitrogens with one attached hydrogen (secondary N) is 1. The molecule has 0 saturated carbocycles. The number of benzene rings is 1. The SMILES string of the molecule is COc1cc(OC)c(N)c(C(=O)NC2CC3CCC2O3)c1. The Balaban J connectivity index is 1.80. The van der Waals surface area contributed by atoms with Gasteiger partial charge in [-0.2, -0.15) is 0 Å². The topological polar surface area (TPSA) is 82.8 Å². The van der Waals surface area contributed by atoms with Crippen molar-refractivity contribution < 1.29 is 19.0 Å². The molecule has 0 spiro atoms. The van der Waals surface area contributed by atoms with Crippen molar-refractivity contribution in [3.63, 3.8) is 0 Å². The zero-order valence-electron chi connectivity index (χ0n) is 12.2. The van der Waals surface area contributed by atoms with Crippen LogP contribution in [0.4, 0.5) is 5.69 Å². The lowest BCUT2D eigenvalue weighted by Gasteiger charge is -2.21. The highest BCUT2D eigenvalue weighted by atomic mass is 16.5. The van der Waals surface area contributed by atoms with E-state index in [1.165, 1.54) is 14.2 Å².